The van der Waals surface area contributed by atoms with Gasteiger partial charge >= 0.3 is 12.4 Å². The van der Waals surface area contributed by atoms with Gasteiger partial charge in [-0.15, -0.1) is 0 Å². The third kappa shape index (κ3) is 17.2. The predicted octanol–water partition coefficient (Wildman–Crippen LogP) is 8.82. The second-order valence-electron chi connectivity index (χ2n) is 9.72. The summed E-state index contributed by atoms with van der Waals surface area (Å²) in [6, 6.07) is 8.86. The van der Waals surface area contributed by atoms with Crippen LogP contribution in [0.5, 0.6) is 0 Å². The van der Waals surface area contributed by atoms with E-state index in [2.05, 4.69) is 20.8 Å². The van der Waals surface area contributed by atoms with Crippen LogP contribution in [0.25, 0.3) is 0 Å². The van der Waals surface area contributed by atoms with Crippen LogP contribution in [-0.4, -0.2) is 32.9 Å². The number of carbonyl (C=O) groups excluding carboxylic acids is 5. The lowest BCUT2D eigenvalue weighted by molar-refractivity contribution is -0.138. The van der Waals surface area contributed by atoms with Gasteiger partial charge in [0.1, 0.15) is 27.2 Å². The highest BCUT2D eigenvalue weighted by atomic mass is 19.4. The van der Waals surface area contributed by atoms with E-state index in [1.54, 1.807) is 6.07 Å². The lowest BCUT2D eigenvalue weighted by Gasteiger charge is -2.44. The molecule has 0 atom stereocenters. The molecule has 0 N–H and O–H groups in total. The third-order valence-corrected chi connectivity index (χ3v) is 6.33. The Balaban J connectivity index is -0.000000280. The summed E-state index contributed by atoms with van der Waals surface area (Å²) >= 11 is 0. The highest BCUT2D eigenvalue weighted by molar-refractivity contribution is 5.95. The zero-order valence-electron chi connectivity index (χ0n) is 26.0. The topological polar surface area (TPSA) is 85.3 Å². The van der Waals surface area contributed by atoms with E-state index >= 15 is 0 Å². The van der Waals surface area contributed by atoms with Crippen LogP contribution in [0.4, 0.5) is 26.3 Å². The molecule has 43 heavy (non-hydrogen) atoms. The summed E-state index contributed by atoms with van der Waals surface area (Å²) in [5.41, 5.74) is 0.295. The Bertz CT molecular complexity index is 1040. The number of halogens is 6. The first kappa shape index (κ1) is 46.3. The standard InChI is InChI=1S/C16H21F3.C10H9F3O.C2H6.4CH2O/c1-11-7-14(8-11)15(2,3)10-12-5-4-6-13(9-12)16(17,18)19;1-6-5-8(10(11,12)13)3-4-9(6)7(2)14;5*1-2/h4-6,9,11,14H,7-8,10H2,1-3H3;3-5H,1-2H3;1-2H3;4*1H2. The average molecular weight is 623 g/mol. The van der Waals surface area contributed by atoms with Gasteiger partial charge in [-0.3, -0.25) is 4.79 Å². The van der Waals surface area contributed by atoms with Crippen molar-refractivity contribution in [1.82, 2.24) is 0 Å². The Morgan fingerprint density at radius 1 is 0.767 bits per heavy atom. The third-order valence-electron chi connectivity index (χ3n) is 6.33. The molecule has 0 aliphatic heterocycles. The normalized spacial score (nSPS) is 14.9. The fourth-order valence-corrected chi connectivity index (χ4v) is 4.30. The van der Waals surface area contributed by atoms with Crippen LogP contribution >= 0.6 is 0 Å². The number of ketones is 1. The van der Waals surface area contributed by atoms with E-state index in [1.807, 2.05) is 41.0 Å². The van der Waals surface area contributed by atoms with Crippen LogP contribution in [0.3, 0.4) is 0 Å². The van der Waals surface area contributed by atoms with Gasteiger partial charge in [0.05, 0.1) is 11.1 Å². The van der Waals surface area contributed by atoms with Crippen LogP contribution < -0.4 is 0 Å². The zero-order valence-corrected chi connectivity index (χ0v) is 26.0. The minimum atomic E-state index is -4.35. The Morgan fingerprint density at radius 3 is 1.53 bits per heavy atom. The van der Waals surface area contributed by atoms with Gasteiger partial charge in [0.2, 0.25) is 0 Å². The molecule has 0 unspecified atom stereocenters. The van der Waals surface area contributed by atoms with Crippen molar-refractivity contribution in [3.8, 4) is 0 Å². The van der Waals surface area contributed by atoms with Crippen molar-refractivity contribution in [3.05, 3.63) is 70.3 Å². The highest BCUT2D eigenvalue weighted by Crippen LogP contribution is 2.47. The first-order valence-corrected chi connectivity index (χ1v) is 13.0. The van der Waals surface area contributed by atoms with Crippen molar-refractivity contribution < 1.29 is 50.3 Å². The molecular formula is C32H44F6O5. The number of alkyl halides is 6. The van der Waals surface area contributed by atoms with E-state index in [0.29, 0.717) is 23.5 Å². The van der Waals surface area contributed by atoms with Crippen LogP contribution in [0, 0.1) is 24.2 Å². The Hall–Kier alpha value is -3.63. The maximum absolute atomic E-state index is 12.7. The quantitative estimate of drug-likeness (QED) is 0.251. The molecule has 2 aromatic rings. The van der Waals surface area contributed by atoms with Crippen molar-refractivity contribution in [3.63, 3.8) is 0 Å². The van der Waals surface area contributed by atoms with Crippen LogP contribution in [0.1, 0.15) is 87.0 Å². The van der Waals surface area contributed by atoms with Crippen LogP contribution in [0.2, 0.25) is 0 Å². The molecule has 2 aromatic carbocycles. The molecule has 0 radical (unpaired) electrons. The van der Waals surface area contributed by atoms with Gasteiger partial charge in [0.15, 0.2) is 5.78 Å². The lowest BCUT2D eigenvalue weighted by atomic mass is 9.61. The number of benzene rings is 2. The number of aryl methyl sites for hydroxylation is 1. The van der Waals surface area contributed by atoms with Gasteiger partial charge in [0.25, 0.3) is 0 Å². The van der Waals surface area contributed by atoms with E-state index < -0.39 is 23.5 Å². The Kier molecular flexibility index (Phi) is 24.7. The summed E-state index contributed by atoms with van der Waals surface area (Å²) in [7, 11) is 0. The maximum atomic E-state index is 12.7. The van der Waals surface area contributed by atoms with Gasteiger partial charge < -0.3 is 19.2 Å². The minimum absolute atomic E-state index is 0.0801. The molecule has 0 spiro atoms. The molecule has 1 saturated carbocycles. The molecule has 5 nitrogen and oxygen atoms in total. The predicted molar refractivity (Wildman–Crippen MR) is 157 cm³/mol. The van der Waals surface area contributed by atoms with E-state index in [9.17, 15) is 31.1 Å². The number of hydrogen-bond acceptors (Lipinski definition) is 5. The fraction of sp³-hybridized carbons (Fsp3) is 0.469. The molecule has 0 amide bonds. The van der Waals surface area contributed by atoms with E-state index in [4.69, 9.17) is 19.2 Å². The van der Waals surface area contributed by atoms with E-state index in [-0.39, 0.29) is 11.2 Å². The smallest absolute Gasteiger partial charge is 0.307 e. The van der Waals surface area contributed by atoms with Crippen LogP contribution in [-0.2, 0) is 38.0 Å². The summed E-state index contributed by atoms with van der Waals surface area (Å²) in [5, 5.41) is 0. The van der Waals surface area contributed by atoms with Crippen molar-refractivity contribution in [2.24, 2.45) is 17.3 Å². The first-order valence-electron chi connectivity index (χ1n) is 13.0. The van der Waals surface area contributed by atoms with Crippen molar-refractivity contribution in [2.45, 2.75) is 80.1 Å². The monoisotopic (exact) mass is 622 g/mol. The van der Waals surface area contributed by atoms with Crippen LogP contribution in [0.15, 0.2) is 42.5 Å². The molecule has 0 aromatic heterocycles. The number of Topliss-reactive ketones (excluding diaryl/α,β-unsaturated/α-hetero) is 1. The summed E-state index contributed by atoms with van der Waals surface area (Å²) in [6.07, 6.45) is -5.47. The second kappa shape index (κ2) is 22.9. The van der Waals surface area contributed by atoms with E-state index in [1.165, 1.54) is 44.9 Å². The molecule has 11 heteroatoms. The summed E-state index contributed by atoms with van der Waals surface area (Å²) in [5.74, 6) is 1.18. The lowest BCUT2D eigenvalue weighted by Crippen LogP contribution is -2.36. The average Bonchev–Trinajstić information content (AvgIpc) is 2.96. The molecular weight excluding hydrogens is 578 g/mol. The molecule has 1 aliphatic rings. The molecule has 0 heterocycles. The highest BCUT2D eigenvalue weighted by Gasteiger charge is 2.38. The SMILES string of the molecule is C=O.C=O.C=O.C=O.CC.CC(=O)c1ccc(C(F)(F)F)cc1C.CC1CC(C(C)(C)Cc2cccc(C(F)(F)F)c2)C1. The van der Waals surface area contributed by atoms with Gasteiger partial charge in [-0.1, -0.05) is 58.9 Å². The molecule has 3 rings (SSSR count). The van der Waals surface area contributed by atoms with Gasteiger partial charge in [-0.2, -0.15) is 26.3 Å². The van der Waals surface area contributed by atoms with Gasteiger partial charge in [0, 0.05) is 5.56 Å². The number of carbonyl (C=O) groups is 5. The molecule has 244 valence electrons. The molecule has 1 fully saturated rings. The van der Waals surface area contributed by atoms with Gasteiger partial charge in [-0.25, -0.2) is 0 Å². The van der Waals surface area contributed by atoms with Crippen molar-refractivity contribution in [2.75, 3.05) is 0 Å². The van der Waals surface area contributed by atoms with Crippen molar-refractivity contribution in [1.29, 1.82) is 0 Å². The maximum Gasteiger partial charge on any atom is 0.416 e. The van der Waals surface area contributed by atoms with Gasteiger partial charge in [-0.05, 0) is 79.7 Å². The van der Waals surface area contributed by atoms with E-state index in [0.717, 1.165) is 29.7 Å². The number of hydrogen-bond donors (Lipinski definition) is 0. The Morgan fingerprint density at radius 2 is 1.19 bits per heavy atom. The largest absolute Gasteiger partial charge is 0.416 e. The molecule has 0 bridgehead atoms. The first-order chi connectivity index (χ1) is 20.0. The summed E-state index contributed by atoms with van der Waals surface area (Å²) in [4.78, 5) is 42.9. The van der Waals surface area contributed by atoms with Crippen molar-refractivity contribution >= 4 is 32.9 Å². The fourth-order valence-electron chi connectivity index (χ4n) is 4.30. The molecule has 1 aliphatic carbocycles. The Labute approximate surface area is 251 Å². The summed E-state index contributed by atoms with van der Waals surface area (Å²) < 4.78 is 74.7. The zero-order chi connectivity index (χ0) is 35.2. The number of rotatable bonds is 4. The minimum Gasteiger partial charge on any atom is -0.307 e. The second-order valence-corrected chi connectivity index (χ2v) is 9.72. The summed E-state index contributed by atoms with van der Waals surface area (Å²) in [6.45, 7) is 21.4. The molecule has 0 saturated heterocycles.